The lowest BCUT2D eigenvalue weighted by molar-refractivity contribution is -0.133. The molecular formula is C11H19N3O2. The van der Waals surface area contributed by atoms with Crippen molar-refractivity contribution in [1.29, 1.82) is 0 Å². The lowest BCUT2D eigenvalue weighted by Crippen LogP contribution is -2.43. The Morgan fingerprint density at radius 1 is 1.44 bits per heavy atom. The van der Waals surface area contributed by atoms with E-state index in [0.29, 0.717) is 17.9 Å². The summed E-state index contributed by atoms with van der Waals surface area (Å²) in [4.78, 5) is 24.5. The highest BCUT2D eigenvalue weighted by molar-refractivity contribution is 5.84. The van der Waals surface area contributed by atoms with Crippen LogP contribution in [0.25, 0.3) is 0 Å². The van der Waals surface area contributed by atoms with E-state index in [0.717, 1.165) is 19.6 Å². The van der Waals surface area contributed by atoms with Crippen LogP contribution >= 0.6 is 0 Å². The van der Waals surface area contributed by atoms with E-state index in [9.17, 15) is 9.59 Å². The Bertz CT molecular complexity index is 306. The van der Waals surface area contributed by atoms with Crippen molar-refractivity contribution in [2.45, 2.75) is 19.9 Å². The fourth-order valence-corrected chi connectivity index (χ4v) is 2.80. The van der Waals surface area contributed by atoms with Crippen LogP contribution in [0.2, 0.25) is 0 Å². The largest absolute Gasteiger partial charge is 0.347 e. The second-order valence-electron chi connectivity index (χ2n) is 4.78. The third-order valence-corrected chi connectivity index (χ3v) is 3.74. The zero-order valence-electron chi connectivity index (χ0n) is 9.82. The third kappa shape index (κ3) is 2.04. The molecule has 90 valence electrons. The Morgan fingerprint density at radius 2 is 2.19 bits per heavy atom. The van der Waals surface area contributed by atoms with Gasteiger partial charge >= 0.3 is 0 Å². The summed E-state index contributed by atoms with van der Waals surface area (Å²) in [5.74, 6) is 1.07. The molecule has 0 aromatic carbocycles. The van der Waals surface area contributed by atoms with E-state index >= 15 is 0 Å². The highest BCUT2D eigenvalue weighted by atomic mass is 16.2. The fourth-order valence-electron chi connectivity index (χ4n) is 2.80. The summed E-state index contributed by atoms with van der Waals surface area (Å²) in [5, 5.41) is 5.92. The van der Waals surface area contributed by atoms with E-state index in [1.54, 1.807) is 0 Å². The van der Waals surface area contributed by atoms with Crippen LogP contribution in [-0.4, -0.2) is 48.9 Å². The van der Waals surface area contributed by atoms with Crippen molar-refractivity contribution in [3.8, 4) is 0 Å². The van der Waals surface area contributed by atoms with Crippen LogP contribution in [-0.2, 0) is 9.59 Å². The van der Waals surface area contributed by atoms with Gasteiger partial charge in [0.15, 0.2) is 0 Å². The van der Waals surface area contributed by atoms with Crippen molar-refractivity contribution in [3.63, 3.8) is 0 Å². The van der Waals surface area contributed by atoms with Gasteiger partial charge < -0.3 is 15.5 Å². The van der Waals surface area contributed by atoms with E-state index in [-0.39, 0.29) is 18.4 Å². The minimum absolute atomic E-state index is 0.0390. The standard InChI is InChI=1S/C11H19N3O2/c1-7-10-4-12-3-9(10)6-14(7)11(16)5-13-8(2)15/h7,9-10,12H,3-6H2,1-2H3,(H,13,15). The molecule has 16 heavy (non-hydrogen) atoms. The van der Waals surface area contributed by atoms with Gasteiger partial charge in [0.2, 0.25) is 11.8 Å². The van der Waals surface area contributed by atoms with Crippen molar-refractivity contribution >= 4 is 11.8 Å². The second-order valence-corrected chi connectivity index (χ2v) is 4.78. The molecule has 5 heteroatoms. The van der Waals surface area contributed by atoms with E-state index in [4.69, 9.17) is 0 Å². The Morgan fingerprint density at radius 3 is 2.81 bits per heavy atom. The number of likely N-dealkylation sites (tertiary alicyclic amines) is 1. The van der Waals surface area contributed by atoms with Crippen molar-refractivity contribution in [2.24, 2.45) is 11.8 Å². The van der Waals surface area contributed by atoms with Crippen LogP contribution < -0.4 is 10.6 Å². The molecule has 0 aromatic heterocycles. The molecule has 2 rings (SSSR count). The summed E-state index contributed by atoms with van der Waals surface area (Å²) in [6.07, 6.45) is 0. The van der Waals surface area contributed by atoms with E-state index in [1.807, 2.05) is 4.90 Å². The van der Waals surface area contributed by atoms with Crippen LogP contribution in [0.4, 0.5) is 0 Å². The van der Waals surface area contributed by atoms with Gasteiger partial charge in [-0.3, -0.25) is 9.59 Å². The first-order chi connectivity index (χ1) is 7.59. The van der Waals surface area contributed by atoms with Crippen LogP contribution in [0.1, 0.15) is 13.8 Å². The number of carbonyl (C=O) groups excluding carboxylic acids is 2. The zero-order chi connectivity index (χ0) is 11.7. The monoisotopic (exact) mass is 225 g/mol. The average molecular weight is 225 g/mol. The second kappa shape index (κ2) is 4.41. The minimum atomic E-state index is -0.151. The van der Waals surface area contributed by atoms with Crippen molar-refractivity contribution in [1.82, 2.24) is 15.5 Å². The molecule has 2 aliphatic rings. The molecule has 0 radical (unpaired) electrons. The van der Waals surface area contributed by atoms with Gasteiger partial charge in [0.25, 0.3) is 0 Å². The predicted octanol–water partition coefficient (Wildman–Crippen LogP) is -0.811. The van der Waals surface area contributed by atoms with Gasteiger partial charge in [-0.05, 0) is 18.8 Å². The molecule has 0 aliphatic carbocycles. The number of amides is 2. The van der Waals surface area contributed by atoms with Gasteiger partial charge in [0.1, 0.15) is 0 Å². The first-order valence-electron chi connectivity index (χ1n) is 5.84. The molecule has 0 saturated carbocycles. The van der Waals surface area contributed by atoms with Gasteiger partial charge in [-0.15, -0.1) is 0 Å². The number of hydrogen-bond acceptors (Lipinski definition) is 3. The van der Waals surface area contributed by atoms with Crippen LogP contribution in [0.3, 0.4) is 0 Å². The van der Waals surface area contributed by atoms with Gasteiger partial charge in [-0.25, -0.2) is 0 Å². The van der Waals surface area contributed by atoms with E-state index < -0.39 is 0 Å². The van der Waals surface area contributed by atoms with Gasteiger partial charge in [0.05, 0.1) is 6.54 Å². The molecule has 3 unspecified atom stereocenters. The van der Waals surface area contributed by atoms with Crippen molar-refractivity contribution in [2.75, 3.05) is 26.2 Å². The Labute approximate surface area is 95.6 Å². The van der Waals surface area contributed by atoms with Crippen molar-refractivity contribution < 1.29 is 9.59 Å². The maximum absolute atomic E-state index is 11.9. The summed E-state index contributed by atoms with van der Waals surface area (Å²) in [6, 6.07) is 0.293. The molecule has 2 N–H and O–H groups in total. The number of nitrogens with one attached hydrogen (secondary N) is 2. The normalized spacial score (nSPS) is 32.6. The maximum atomic E-state index is 11.9. The van der Waals surface area contributed by atoms with Crippen LogP contribution in [0.15, 0.2) is 0 Å². The number of rotatable bonds is 2. The molecule has 2 amide bonds. The molecule has 0 spiro atoms. The number of hydrogen-bond donors (Lipinski definition) is 2. The lowest BCUT2D eigenvalue weighted by Gasteiger charge is -2.24. The number of carbonyl (C=O) groups is 2. The topological polar surface area (TPSA) is 61.4 Å². The summed E-state index contributed by atoms with van der Waals surface area (Å²) >= 11 is 0. The minimum Gasteiger partial charge on any atom is -0.347 e. The first-order valence-corrected chi connectivity index (χ1v) is 5.84. The lowest BCUT2D eigenvalue weighted by atomic mass is 9.95. The number of nitrogens with zero attached hydrogens (tertiary/aromatic N) is 1. The van der Waals surface area contributed by atoms with Crippen molar-refractivity contribution in [3.05, 3.63) is 0 Å². The first kappa shape index (κ1) is 11.4. The van der Waals surface area contributed by atoms with Crippen LogP contribution in [0, 0.1) is 11.8 Å². The quantitative estimate of drug-likeness (QED) is 0.646. The summed E-state index contributed by atoms with van der Waals surface area (Å²) in [5.41, 5.74) is 0. The van der Waals surface area contributed by atoms with Gasteiger partial charge in [0, 0.05) is 32.6 Å². The molecule has 2 fully saturated rings. The third-order valence-electron chi connectivity index (χ3n) is 3.74. The Hall–Kier alpha value is -1.10. The smallest absolute Gasteiger partial charge is 0.242 e. The number of fused-ring (bicyclic) bond motifs is 1. The van der Waals surface area contributed by atoms with E-state index in [2.05, 4.69) is 17.6 Å². The Kier molecular flexibility index (Phi) is 3.14. The molecular weight excluding hydrogens is 206 g/mol. The molecule has 3 atom stereocenters. The highest BCUT2D eigenvalue weighted by Crippen LogP contribution is 2.31. The fraction of sp³-hybridized carbons (Fsp3) is 0.818. The summed E-state index contributed by atoms with van der Waals surface area (Å²) in [7, 11) is 0. The SMILES string of the molecule is CC(=O)NCC(=O)N1CC2CNCC2C1C. The predicted molar refractivity (Wildman–Crippen MR) is 59.7 cm³/mol. The van der Waals surface area contributed by atoms with E-state index in [1.165, 1.54) is 6.92 Å². The molecule has 0 bridgehead atoms. The molecule has 5 nitrogen and oxygen atoms in total. The zero-order valence-corrected chi connectivity index (χ0v) is 9.82. The average Bonchev–Trinajstić information content (AvgIpc) is 2.78. The highest BCUT2D eigenvalue weighted by Gasteiger charge is 2.43. The molecule has 0 aromatic rings. The van der Waals surface area contributed by atoms with Crippen LogP contribution in [0.5, 0.6) is 0 Å². The summed E-state index contributed by atoms with van der Waals surface area (Å²) < 4.78 is 0. The summed E-state index contributed by atoms with van der Waals surface area (Å²) in [6.45, 7) is 6.52. The maximum Gasteiger partial charge on any atom is 0.242 e. The van der Waals surface area contributed by atoms with Gasteiger partial charge in [-0.1, -0.05) is 0 Å². The molecule has 2 saturated heterocycles. The Balaban J connectivity index is 1.90. The molecule has 2 aliphatic heterocycles. The van der Waals surface area contributed by atoms with Gasteiger partial charge in [-0.2, -0.15) is 0 Å². The molecule has 2 heterocycles.